The summed E-state index contributed by atoms with van der Waals surface area (Å²) in [6.07, 6.45) is 2.59. The fraction of sp³-hybridized carbons (Fsp3) is 0.444. The standard InChI is InChI=1S/C18H27N7O2.HI/c1-3-17-24-23-13-25(17)9-8-21-18(20-4-2)22-11-14-6-5-7-15(10-14)27-12-16(19)26;/h5-7,10,13H,3-4,8-9,11-12H2,1-2H3,(H2,19,26)(H2,20,21,22);1H. The first-order valence-corrected chi connectivity index (χ1v) is 9.01. The molecule has 0 radical (unpaired) electrons. The van der Waals surface area contributed by atoms with Gasteiger partial charge < -0.3 is 25.7 Å². The lowest BCUT2D eigenvalue weighted by Gasteiger charge is -2.12. The monoisotopic (exact) mass is 501 g/mol. The molecule has 0 unspecified atom stereocenters. The molecule has 2 rings (SSSR count). The minimum Gasteiger partial charge on any atom is -0.484 e. The Bertz CT molecular complexity index is 764. The molecule has 0 aliphatic carbocycles. The Labute approximate surface area is 182 Å². The van der Waals surface area contributed by atoms with E-state index >= 15 is 0 Å². The average Bonchev–Trinajstić information content (AvgIpc) is 3.12. The van der Waals surface area contributed by atoms with E-state index in [1.807, 2.05) is 29.7 Å². The number of carbonyl (C=O) groups excluding carboxylic acids is 1. The molecule has 1 heterocycles. The average molecular weight is 501 g/mol. The first kappa shape index (κ1) is 23.7. The molecular formula is C18H28IN7O2. The number of ether oxygens (including phenoxy) is 1. The van der Waals surface area contributed by atoms with Crippen molar-refractivity contribution in [3.63, 3.8) is 0 Å². The van der Waals surface area contributed by atoms with Gasteiger partial charge >= 0.3 is 0 Å². The van der Waals surface area contributed by atoms with Gasteiger partial charge in [-0.25, -0.2) is 4.99 Å². The van der Waals surface area contributed by atoms with Crippen molar-refractivity contribution < 1.29 is 9.53 Å². The number of nitrogens with zero attached hydrogens (tertiary/aromatic N) is 4. The zero-order valence-corrected chi connectivity index (χ0v) is 18.6. The van der Waals surface area contributed by atoms with Gasteiger partial charge in [0, 0.05) is 26.1 Å². The Morgan fingerprint density at radius 2 is 2.14 bits per heavy atom. The number of aryl methyl sites for hydroxylation is 1. The van der Waals surface area contributed by atoms with Crippen LogP contribution < -0.4 is 21.1 Å². The molecule has 9 nitrogen and oxygen atoms in total. The first-order valence-electron chi connectivity index (χ1n) is 9.01. The highest BCUT2D eigenvalue weighted by atomic mass is 127. The van der Waals surface area contributed by atoms with Crippen LogP contribution in [0, 0.1) is 0 Å². The second-order valence-corrected chi connectivity index (χ2v) is 5.82. The number of primary amides is 1. The molecular weight excluding hydrogens is 473 g/mol. The van der Waals surface area contributed by atoms with Crippen molar-refractivity contribution in [2.45, 2.75) is 33.4 Å². The smallest absolute Gasteiger partial charge is 0.255 e. The predicted molar refractivity (Wildman–Crippen MR) is 119 cm³/mol. The van der Waals surface area contributed by atoms with E-state index in [1.54, 1.807) is 12.4 Å². The van der Waals surface area contributed by atoms with E-state index in [2.05, 4.69) is 32.7 Å². The maximum absolute atomic E-state index is 10.8. The number of aromatic nitrogens is 3. The molecule has 154 valence electrons. The molecule has 10 heteroatoms. The van der Waals surface area contributed by atoms with Gasteiger partial charge in [0.1, 0.15) is 17.9 Å². The number of benzene rings is 1. The lowest BCUT2D eigenvalue weighted by Crippen LogP contribution is -2.38. The predicted octanol–water partition coefficient (Wildman–Crippen LogP) is 1.08. The number of guanidine groups is 1. The van der Waals surface area contributed by atoms with Crippen molar-refractivity contribution in [1.82, 2.24) is 25.4 Å². The van der Waals surface area contributed by atoms with Crippen LogP contribution in [0.4, 0.5) is 0 Å². The minimum atomic E-state index is -0.503. The maximum Gasteiger partial charge on any atom is 0.255 e. The van der Waals surface area contributed by atoms with E-state index in [9.17, 15) is 4.79 Å². The summed E-state index contributed by atoms with van der Waals surface area (Å²) >= 11 is 0. The molecule has 4 N–H and O–H groups in total. The molecule has 28 heavy (non-hydrogen) atoms. The Morgan fingerprint density at radius 3 is 2.86 bits per heavy atom. The minimum absolute atomic E-state index is 0. The zero-order chi connectivity index (χ0) is 19.5. The summed E-state index contributed by atoms with van der Waals surface area (Å²) in [6.45, 7) is 6.65. The van der Waals surface area contributed by atoms with E-state index in [0.717, 1.165) is 36.9 Å². The molecule has 0 spiro atoms. The van der Waals surface area contributed by atoms with Gasteiger partial charge in [-0.2, -0.15) is 0 Å². The number of nitrogens with one attached hydrogen (secondary N) is 2. The van der Waals surface area contributed by atoms with E-state index < -0.39 is 5.91 Å². The van der Waals surface area contributed by atoms with Crippen LogP contribution in [0.25, 0.3) is 0 Å². The number of rotatable bonds is 10. The molecule has 0 atom stereocenters. The van der Waals surface area contributed by atoms with Crippen molar-refractivity contribution in [3.8, 4) is 5.75 Å². The van der Waals surface area contributed by atoms with Gasteiger partial charge in [0.05, 0.1) is 6.54 Å². The van der Waals surface area contributed by atoms with Gasteiger partial charge in [-0.3, -0.25) is 4.79 Å². The van der Waals surface area contributed by atoms with Crippen LogP contribution in [0.15, 0.2) is 35.6 Å². The quantitative estimate of drug-likeness (QED) is 0.255. The van der Waals surface area contributed by atoms with Crippen LogP contribution in [0.2, 0.25) is 0 Å². The van der Waals surface area contributed by atoms with Gasteiger partial charge in [0.2, 0.25) is 0 Å². The number of amides is 1. The topological polar surface area (TPSA) is 119 Å². The molecule has 0 saturated carbocycles. The van der Waals surface area contributed by atoms with Crippen molar-refractivity contribution >= 4 is 35.8 Å². The zero-order valence-electron chi connectivity index (χ0n) is 16.2. The summed E-state index contributed by atoms with van der Waals surface area (Å²) in [7, 11) is 0. The molecule has 0 bridgehead atoms. The SMILES string of the molecule is CCNC(=NCc1cccc(OCC(N)=O)c1)NCCn1cnnc1CC.I. The molecule has 0 aliphatic rings. The first-order chi connectivity index (χ1) is 13.1. The maximum atomic E-state index is 10.8. The lowest BCUT2D eigenvalue weighted by molar-refractivity contribution is -0.119. The van der Waals surface area contributed by atoms with E-state index in [1.165, 1.54) is 0 Å². The second kappa shape index (κ2) is 12.9. The van der Waals surface area contributed by atoms with Gasteiger partial charge in [0.15, 0.2) is 12.6 Å². The summed E-state index contributed by atoms with van der Waals surface area (Å²) in [6, 6.07) is 7.44. The fourth-order valence-electron chi connectivity index (χ4n) is 2.43. The number of carbonyl (C=O) groups is 1. The molecule has 0 aliphatic heterocycles. The van der Waals surface area contributed by atoms with E-state index in [0.29, 0.717) is 18.8 Å². The summed E-state index contributed by atoms with van der Waals surface area (Å²) in [5.74, 6) is 1.79. The van der Waals surface area contributed by atoms with Gasteiger partial charge in [-0.05, 0) is 24.6 Å². The largest absolute Gasteiger partial charge is 0.484 e. The van der Waals surface area contributed by atoms with Crippen LogP contribution in [-0.4, -0.2) is 46.3 Å². The van der Waals surface area contributed by atoms with Crippen LogP contribution >= 0.6 is 24.0 Å². The molecule has 1 aromatic carbocycles. The summed E-state index contributed by atoms with van der Waals surface area (Å²) in [5, 5.41) is 14.5. The summed E-state index contributed by atoms with van der Waals surface area (Å²) < 4.78 is 7.35. The summed E-state index contributed by atoms with van der Waals surface area (Å²) in [5.41, 5.74) is 6.07. The lowest BCUT2D eigenvalue weighted by atomic mass is 10.2. The highest BCUT2D eigenvalue weighted by molar-refractivity contribution is 14.0. The Morgan fingerprint density at radius 1 is 1.32 bits per heavy atom. The van der Waals surface area contributed by atoms with Crippen LogP contribution in [0.5, 0.6) is 5.75 Å². The second-order valence-electron chi connectivity index (χ2n) is 5.82. The third kappa shape index (κ3) is 8.11. The Hall–Kier alpha value is -2.37. The van der Waals surface area contributed by atoms with Gasteiger partial charge in [-0.15, -0.1) is 34.2 Å². The fourth-order valence-corrected chi connectivity index (χ4v) is 2.43. The highest BCUT2D eigenvalue weighted by Crippen LogP contribution is 2.13. The number of halogens is 1. The van der Waals surface area contributed by atoms with Crippen LogP contribution in [0.1, 0.15) is 25.2 Å². The van der Waals surface area contributed by atoms with Crippen LogP contribution in [0.3, 0.4) is 0 Å². The van der Waals surface area contributed by atoms with Crippen molar-refractivity contribution in [1.29, 1.82) is 0 Å². The van der Waals surface area contributed by atoms with Gasteiger partial charge in [-0.1, -0.05) is 19.1 Å². The Kier molecular flexibility index (Phi) is 10.9. The van der Waals surface area contributed by atoms with Gasteiger partial charge in [0.25, 0.3) is 5.91 Å². The van der Waals surface area contributed by atoms with Crippen LogP contribution in [-0.2, 0) is 24.3 Å². The summed E-state index contributed by atoms with van der Waals surface area (Å²) in [4.78, 5) is 15.4. The number of hydrogen-bond acceptors (Lipinski definition) is 5. The van der Waals surface area contributed by atoms with E-state index in [4.69, 9.17) is 10.5 Å². The van der Waals surface area contributed by atoms with Crippen molar-refractivity contribution in [2.24, 2.45) is 10.7 Å². The molecule has 0 saturated heterocycles. The number of aliphatic imine (C=N–C) groups is 1. The molecule has 0 fully saturated rings. The number of nitrogens with two attached hydrogens (primary N) is 1. The Balaban J connectivity index is 0.00000392. The van der Waals surface area contributed by atoms with Crippen molar-refractivity contribution in [3.05, 3.63) is 42.0 Å². The number of hydrogen-bond donors (Lipinski definition) is 3. The van der Waals surface area contributed by atoms with E-state index in [-0.39, 0.29) is 30.6 Å². The van der Waals surface area contributed by atoms with Crippen molar-refractivity contribution in [2.75, 3.05) is 19.7 Å². The molecule has 1 amide bonds. The molecule has 1 aromatic heterocycles. The molecule has 2 aromatic rings. The highest BCUT2D eigenvalue weighted by Gasteiger charge is 2.03. The normalized spacial score (nSPS) is 10.9. The third-order valence-electron chi connectivity index (χ3n) is 3.70. The third-order valence-corrected chi connectivity index (χ3v) is 3.70.